The van der Waals surface area contributed by atoms with Gasteiger partial charge in [-0.15, -0.1) is 0 Å². The minimum atomic E-state index is -0.656. The van der Waals surface area contributed by atoms with E-state index >= 15 is 0 Å². The molecule has 2 fully saturated rings. The maximum absolute atomic E-state index is 12.8. The molecule has 0 aromatic heterocycles. The Morgan fingerprint density at radius 2 is 1.74 bits per heavy atom. The van der Waals surface area contributed by atoms with Crippen molar-refractivity contribution in [3.8, 4) is 5.75 Å². The lowest BCUT2D eigenvalue weighted by atomic mass is 9.73. The minimum absolute atomic E-state index is 0.0454. The Labute approximate surface area is 228 Å². The lowest BCUT2D eigenvalue weighted by Crippen LogP contribution is -2.48. The van der Waals surface area contributed by atoms with Crippen LogP contribution in [0.25, 0.3) is 0 Å². The van der Waals surface area contributed by atoms with E-state index < -0.39 is 35.7 Å². The van der Waals surface area contributed by atoms with Crippen LogP contribution in [0.5, 0.6) is 5.75 Å². The molecule has 4 rings (SSSR count). The maximum Gasteiger partial charge on any atom is 0.302 e. The van der Waals surface area contributed by atoms with E-state index in [0.29, 0.717) is 24.5 Å². The van der Waals surface area contributed by atoms with Crippen molar-refractivity contribution in [2.75, 3.05) is 13.2 Å². The van der Waals surface area contributed by atoms with Gasteiger partial charge < -0.3 is 18.9 Å². The van der Waals surface area contributed by atoms with Crippen LogP contribution in [0.4, 0.5) is 0 Å². The number of benzene rings is 2. The zero-order valence-electron chi connectivity index (χ0n) is 22.3. The highest BCUT2D eigenvalue weighted by Crippen LogP contribution is 2.60. The lowest BCUT2D eigenvalue weighted by molar-refractivity contribution is -0.200. The quantitative estimate of drug-likeness (QED) is 0.359. The van der Waals surface area contributed by atoms with Crippen molar-refractivity contribution in [1.82, 2.24) is 0 Å². The molecule has 1 aliphatic heterocycles. The van der Waals surface area contributed by atoms with Gasteiger partial charge in [0.2, 0.25) is 0 Å². The fourth-order valence-corrected chi connectivity index (χ4v) is 5.71. The molecular weight excluding hydrogens is 508 g/mol. The van der Waals surface area contributed by atoms with Crippen molar-refractivity contribution in [1.29, 1.82) is 0 Å². The molecule has 0 radical (unpaired) electrons. The molecule has 1 heterocycles. The first kappa shape index (κ1) is 28.1. The van der Waals surface area contributed by atoms with Crippen LogP contribution in [0.3, 0.4) is 0 Å². The monoisotopic (exact) mass is 542 g/mol. The van der Waals surface area contributed by atoms with Gasteiger partial charge in [0.05, 0.1) is 12.7 Å². The second kappa shape index (κ2) is 11.9. The Bertz CT molecular complexity index is 1170. The number of rotatable bonds is 10. The highest BCUT2D eigenvalue weighted by atomic mass is 35.5. The molecule has 4 unspecified atom stereocenters. The summed E-state index contributed by atoms with van der Waals surface area (Å²) >= 11 is 6.61. The molecule has 1 saturated carbocycles. The van der Waals surface area contributed by atoms with E-state index in [-0.39, 0.29) is 18.3 Å². The van der Waals surface area contributed by atoms with E-state index in [1.54, 1.807) is 6.92 Å². The number of Topliss-reactive ketones (excluding diaryl/α,β-unsaturated/α-hetero) is 1. The summed E-state index contributed by atoms with van der Waals surface area (Å²) in [6, 6.07) is 13.7. The first-order valence-electron chi connectivity index (χ1n) is 13.1. The predicted molar refractivity (Wildman–Crippen MR) is 142 cm³/mol. The summed E-state index contributed by atoms with van der Waals surface area (Å²) in [4.78, 5) is 36.2. The molecule has 204 valence electrons. The fourth-order valence-electron chi connectivity index (χ4n) is 5.52. The van der Waals surface area contributed by atoms with Gasteiger partial charge in [0.15, 0.2) is 0 Å². The van der Waals surface area contributed by atoms with Crippen LogP contribution in [-0.2, 0) is 35.0 Å². The molecule has 2 aromatic rings. The number of hydrogen-bond acceptors (Lipinski definition) is 7. The third kappa shape index (κ3) is 6.38. The second-order valence-corrected chi connectivity index (χ2v) is 10.6. The van der Waals surface area contributed by atoms with Crippen molar-refractivity contribution >= 4 is 29.3 Å². The zero-order valence-corrected chi connectivity index (χ0v) is 23.1. The largest absolute Gasteiger partial charge is 0.494 e. The number of hydrogen-bond donors (Lipinski definition) is 0. The number of carbonyl (C=O) groups excluding carboxylic acids is 3. The van der Waals surface area contributed by atoms with E-state index in [4.69, 9.17) is 30.5 Å². The van der Waals surface area contributed by atoms with Gasteiger partial charge in [0.1, 0.15) is 30.3 Å². The summed E-state index contributed by atoms with van der Waals surface area (Å²) in [5, 5.41) is 0.636. The molecular formula is C30H35ClO7. The number of esters is 2. The molecule has 2 aromatic carbocycles. The molecule has 0 amide bonds. The van der Waals surface area contributed by atoms with Crippen molar-refractivity contribution in [2.45, 2.75) is 71.7 Å². The summed E-state index contributed by atoms with van der Waals surface area (Å²) in [6.07, 6.45) is 0.845. The first-order valence-corrected chi connectivity index (χ1v) is 13.5. The maximum atomic E-state index is 12.8. The van der Waals surface area contributed by atoms with Crippen molar-refractivity contribution in [3.63, 3.8) is 0 Å². The third-order valence-corrected chi connectivity index (χ3v) is 7.95. The number of ether oxygens (including phenoxy) is 4. The standard InChI is InChI=1S/C30H35ClO7/c1-5-35-24-9-6-21(7-10-24)14-23-15-22(8-11-26(23)31)29-25(30(12-13-30)18(2)32)16-27(37-20(4)34)28(38-29)17-36-19(3)33/h6-11,15,25,27-29H,5,12-14,16-17H2,1-4H3. The van der Waals surface area contributed by atoms with Gasteiger partial charge in [-0.3, -0.25) is 14.4 Å². The molecule has 0 spiro atoms. The number of carbonyl (C=O) groups is 3. The van der Waals surface area contributed by atoms with Crippen LogP contribution in [-0.4, -0.2) is 43.1 Å². The van der Waals surface area contributed by atoms with Crippen LogP contribution in [0.15, 0.2) is 42.5 Å². The van der Waals surface area contributed by atoms with Crippen molar-refractivity contribution < 1.29 is 33.3 Å². The van der Waals surface area contributed by atoms with Gasteiger partial charge >= 0.3 is 11.9 Å². The highest BCUT2D eigenvalue weighted by molar-refractivity contribution is 6.31. The molecule has 2 aliphatic rings. The summed E-state index contributed by atoms with van der Waals surface area (Å²) in [5.74, 6) is -0.160. The molecule has 1 aliphatic carbocycles. The number of halogens is 1. The van der Waals surface area contributed by atoms with E-state index in [2.05, 4.69) is 0 Å². The van der Waals surface area contributed by atoms with E-state index in [9.17, 15) is 14.4 Å². The van der Waals surface area contributed by atoms with E-state index in [0.717, 1.165) is 35.3 Å². The fraction of sp³-hybridized carbons (Fsp3) is 0.500. The second-order valence-electron chi connectivity index (χ2n) is 10.2. The zero-order chi connectivity index (χ0) is 27.4. The average Bonchev–Trinajstić information content (AvgIpc) is 3.68. The molecule has 4 atom stereocenters. The molecule has 38 heavy (non-hydrogen) atoms. The van der Waals surface area contributed by atoms with Gasteiger partial charge in [0.25, 0.3) is 0 Å². The van der Waals surface area contributed by atoms with Gasteiger partial charge in [0, 0.05) is 30.2 Å². The Morgan fingerprint density at radius 1 is 1.03 bits per heavy atom. The number of ketones is 1. The first-order chi connectivity index (χ1) is 18.1. The average molecular weight is 543 g/mol. The van der Waals surface area contributed by atoms with Crippen LogP contribution in [0.1, 0.15) is 69.8 Å². The van der Waals surface area contributed by atoms with Gasteiger partial charge in [-0.2, -0.15) is 0 Å². The normalized spacial score (nSPS) is 23.8. The Hall–Kier alpha value is -2.90. The minimum Gasteiger partial charge on any atom is -0.494 e. The van der Waals surface area contributed by atoms with Crippen LogP contribution >= 0.6 is 11.6 Å². The van der Waals surface area contributed by atoms with E-state index in [1.165, 1.54) is 13.8 Å². The van der Waals surface area contributed by atoms with Gasteiger partial charge in [-0.05, 0) is 74.4 Å². The smallest absolute Gasteiger partial charge is 0.302 e. The van der Waals surface area contributed by atoms with Crippen LogP contribution in [0.2, 0.25) is 5.02 Å². The Morgan fingerprint density at radius 3 is 2.32 bits per heavy atom. The molecule has 8 heteroatoms. The third-order valence-electron chi connectivity index (χ3n) is 7.58. The van der Waals surface area contributed by atoms with Crippen LogP contribution < -0.4 is 4.74 Å². The topological polar surface area (TPSA) is 88.1 Å². The molecule has 7 nitrogen and oxygen atoms in total. The predicted octanol–water partition coefficient (Wildman–Crippen LogP) is 5.64. The molecule has 0 bridgehead atoms. The molecule has 1 saturated heterocycles. The summed E-state index contributed by atoms with van der Waals surface area (Å²) < 4.78 is 23.0. The SMILES string of the molecule is CCOc1ccc(Cc2cc(C3OC(COC(C)=O)C(OC(C)=O)CC3C3(C(C)=O)CC3)ccc2Cl)cc1. The van der Waals surface area contributed by atoms with Crippen molar-refractivity contribution in [3.05, 3.63) is 64.2 Å². The summed E-state index contributed by atoms with van der Waals surface area (Å²) in [7, 11) is 0. The lowest BCUT2D eigenvalue weighted by Gasteiger charge is -2.44. The van der Waals surface area contributed by atoms with Crippen LogP contribution in [0, 0.1) is 11.3 Å². The summed E-state index contributed by atoms with van der Waals surface area (Å²) in [5.41, 5.74) is 2.38. The Kier molecular flexibility index (Phi) is 8.78. The van der Waals surface area contributed by atoms with Crippen molar-refractivity contribution in [2.24, 2.45) is 11.3 Å². The summed E-state index contributed by atoms with van der Waals surface area (Å²) in [6.45, 7) is 6.79. The Balaban J connectivity index is 1.66. The molecule has 0 N–H and O–H groups in total. The highest BCUT2D eigenvalue weighted by Gasteiger charge is 2.59. The van der Waals surface area contributed by atoms with Gasteiger partial charge in [-0.25, -0.2) is 0 Å². The van der Waals surface area contributed by atoms with E-state index in [1.807, 2.05) is 49.4 Å². The van der Waals surface area contributed by atoms with Gasteiger partial charge in [-0.1, -0.05) is 35.9 Å².